The van der Waals surface area contributed by atoms with Gasteiger partial charge < -0.3 is 19.8 Å². The van der Waals surface area contributed by atoms with Crippen molar-refractivity contribution in [2.45, 2.75) is 32.1 Å². The van der Waals surface area contributed by atoms with Gasteiger partial charge in [0.25, 0.3) is 11.8 Å². The monoisotopic (exact) mass is 474 g/mol. The fraction of sp³-hybridized carbons (Fsp3) is 0.348. The molecule has 168 valence electrons. The van der Waals surface area contributed by atoms with E-state index in [1.807, 2.05) is 0 Å². The fourth-order valence-corrected chi connectivity index (χ4v) is 5.26. The van der Waals surface area contributed by atoms with Crippen LogP contribution in [0.4, 0.5) is 5.00 Å². The quantitative estimate of drug-likeness (QED) is 0.494. The average Bonchev–Trinajstić information content (AvgIpc) is 3.14. The van der Waals surface area contributed by atoms with E-state index in [0.29, 0.717) is 40.5 Å². The third-order valence-electron chi connectivity index (χ3n) is 5.35. The molecule has 1 aliphatic rings. The van der Waals surface area contributed by atoms with Crippen molar-refractivity contribution < 1.29 is 18.7 Å². The van der Waals surface area contributed by atoms with E-state index in [2.05, 4.69) is 10.6 Å². The lowest BCUT2D eigenvalue weighted by Gasteiger charge is -2.13. The summed E-state index contributed by atoms with van der Waals surface area (Å²) in [6.07, 6.45) is 4.43. The highest BCUT2D eigenvalue weighted by Gasteiger charge is 2.27. The van der Waals surface area contributed by atoms with Crippen LogP contribution in [0.2, 0.25) is 5.02 Å². The van der Waals surface area contributed by atoms with Gasteiger partial charge in [-0.3, -0.25) is 14.4 Å². The Balaban J connectivity index is 1.62. The van der Waals surface area contributed by atoms with Crippen LogP contribution in [0.1, 0.15) is 50.6 Å². The maximum absolute atomic E-state index is 13.0. The van der Waals surface area contributed by atoms with E-state index in [4.69, 9.17) is 20.8 Å². The SMILES string of the molecule is COCCCNC(=O)c1c(NC(=O)c2cc(=O)c3cc(Cl)ccc3o2)sc2c1CCCC2. The minimum atomic E-state index is -0.578. The zero-order valence-electron chi connectivity index (χ0n) is 17.6. The zero-order valence-corrected chi connectivity index (χ0v) is 19.2. The number of anilines is 1. The normalized spacial score (nSPS) is 13.1. The van der Waals surface area contributed by atoms with Crippen LogP contribution in [-0.4, -0.2) is 32.1 Å². The molecule has 2 N–H and O–H groups in total. The first-order valence-corrected chi connectivity index (χ1v) is 11.6. The van der Waals surface area contributed by atoms with Crippen LogP contribution in [0.15, 0.2) is 33.5 Å². The van der Waals surface area contributed by atoms with Gasteiger partial charge in [0.05, 0.1) is 10.9 Å². The summed E-state index contributed by atoms with van der Waals surface area (Å²) < 4.78 is 10.7. The molecule has 2 amide bonds. The van der Waals surface area contributed by atoms with Gasteiger partial charge >= 0.3 is 0 Å². The molecule has 0 bridgehead atoms. The molecule has 4 rings (SSSR count). The number of rotatable bonds is 7. The number of thiophene rings is 1. The molecule has 1 aromatic carbocycles. The Morgan fingerprint density at radius 1 is 1.19 bits per heavy atom. The van der Waals surface area contributed by atoms with Crippen molar-refractivity contribution in [1.82, 2.24) is 5.32 Å². The van der Waals surface area contributed by atoms with Gasteiger partial charge in [0.1, 0.15) is 10.6 Å². The van der Waals surface area contributed by atoms with Crippen LogP contribution in [0.5, 0.6) is 0 Å². The maximum Gasteiger partial charge on any atom is 0.292 e. The Bertz CT molecular complexity index is 1230. The molecule has 2 aromatic heterocycles. The fourth-order valence-electron chi connectivity index (χ4n) is 3.81. The second-order valence-corrected chi connectivity index (χ2v) is 9.13. The number of methoxy groups -OCH3 is 1. The molecule has 1 aliphatic carbocycles. The molecular formula is C23H23ClN2O5S. The summed E-state index contributed by atoms with van der Waals surface area (Å²) in [7, 11) is 1.62. The van der Waals surface area contributed by atoms with Crippen LogP contribution < -0.4 is 16.1 Å². The first kappa shape index (κ1) is 22.5. The first-order chi connectivity index (χ1) is 15.5. The van der Waals surface area contributed by atoms with Crippen molar-refractivity contribution in [2.75, 3.05) is 25.6 Å². The molecule has 0 unspecified atom stereocenters. The number of carbonyl (C=O) groups excluding carboxylic acids is 2. The highest BCUT2D eigenvalue weighted by Crippen LogP contribution is 2.38. The Labute approximate surface area is 193 Å². The molecule has 0 aliphatic heterocycles. The topological polar surface area (TPSA) is 97.6 Å². The van der Waals surface area contributed by atoms with Crippen LogP contribution in [0, 0.1) is 0 Å². The van der Waals surface area contributed by atoms with Gasteiger partial charge in [-0.05, 0) is 55.9 Å². The lowest BCUT2D eigenvalue weighted by atomic mass is 9.95. The molecule has 0 saturated carbocycles. The number of halogens is 1. The molecule has 9 heteroatoms. The largest absolute Gasteiger partial charge is 0.451 e. The summed E-state index contributed by atoms with van der Waals surface area (Å²) >= 11 is 7.36. The Hall–Kier alpha value is -2.68. The van der Waals surface area contributed by atoms with Gasteiger partial charge in [-0.2, -0.15) is 0 Å². The van der Waals surface area contributed by atoms with E-state index in [-0.39, 0.29) is 22.7 Å². The molecule has 3 aromatic rings. The molecular weight excluding hydrogens is 452 g/mol. The average molecular weight is 475 g/mol. The van der Waals surface area contributed by atoms with Crippen molar-refractivity contribution in [3.63, 3.8) is 0 Å². The molecule has 2 heterocycles. The van der Waals surface area contributed by atoms with Gasteiger partial charge in [0.15, 0.2) is 11.2 Å². The lowest BCUT2D eigenvalue weighted by molar-refractivity contribution is 0.0948. The molecule has 0 fully saturated rings. The third-order valence-corrected chi connectivity index (χ3v) is 6.79. The Morgan fingerprint density at radius 2 is 2.00 bits per heavy atom. The van der Waals surface area contributed by atoms with Crippen molar-refractivity contribution in [3.8, 4) is 0 Å². The minimum absolute atomic E-state index is 0.123. The number of ether oxygens (including phenoxy) is 1. The summed E-state index contributed by atoms with van der Waals surface area (Å²) in [5.41, 5.74) is 1.41. The van der Waals surface area contributed by atoms with Crippen molar-refractivity contribution in [1.29, 1.82) is 0 Å². The number of fused-ring (bicyclic) bond motifs is 2. The number of hydrogen-bond donors (Lipinski definition) is 2. The minimum Gasteiger partial charge on any atom is -0.451 e. The highest BCUT2D eigenvalue weighted by atomic mass is 35.5. The summed E-state index contributed by atoms with van der Waals surface area (Å²) in [4.78, 5) is 39.5. The number of aryl methyl sites for hydroxylation is 1. The standard InChI is InChI=1S/C23H23ClN2O5S/c1-30-10-4-9-25-22(29)20-14-5-2-3-6-19(14)32-23(20)26-21(28)18-12-16(27)15-11-13(24)7-8-17(15)31-18/h7-8,11-12H,2-6,9-10H2,1H3,(H,25,29)(H,26,28). The third kappa shape index (κ3) is 4.72. The second-order valence-electron chi connectivity index (χ2n) is 7.59. The van der Waals surface area contributed by atoms with Crippen LogP contribution in [0.25, 0.3) is 11.0 Å². The van der Waals surface area contributed by atoms with Crippen LogP contribution >= 0.6 is 22.9 Å². The Kier molecular flexibility index (Phi) is 6.93. The summed E-state index contributed by atoms with van der Waals surface area (Å²) in [6.45, 7) is 1.03. The molecule has 32 heavy (non-hydrogen) atoms. The maximum atomic E-state index is 13.0. The number of carbonyl (C=O) groups is 2. The van der Waals surface area contributed by atoms with Gasteiger partial charge in [-0.15, -0.1) is 11.3 Å². The summed E-state index contributed by atoms with van der Waals surface area (Å²) in [5.74, 6) is -0.918. The molecule has 0 radical (unpaired) electrons. The predicted molar refractivity (Wildman–Crippen MR) is 125 cm³/mol. The van der Waals surface area contributed by atoms with E-state index < -0.39 is 5.91 Å². The number of benzene rings is 1. The first-order valence-electron chi connectivity index (χ1n) is 10.4. The van der Waals surface area contributed by atoms with E-state index in [1.54, 1.807) is 19.2 Å². The lowest BCUT2D eigenvalue weighted by Crippen LogP contribution is -2.27. The number of amides is 2. The van der Waals surface area contributed by atoms with Gasteiger partial charge in [0, 0.05) is 36.2 Å². The predicted octanol–water partition coefficient (Wildman–Crippen LogP) is 4.41. The van der Waals surface area contributed by atoms with Crippen molar-refractivity contribution >= 4 is 50.7 Å². The highest BCUT2D eigenvalue weighted by molar-refractivity contribution is 7.17. The number of nitrogens with one attached hydrogen (secondary N) is 2. The van der Waals surface area contributed by atoms with E-state index in [0.717, 1.165) is 42.2 Å². The molecule has 0 spiro atoms. The molecule has 0 saturated heterocycles. The van der Waals surface area contributed by atoms with Gasteiger partial charge in [-0.25, -0.2) is 0 Å². The smallest absolute Gasteiger partial charge is 0.292 e. The van der Waals surface area contributed by atoms with Gasteiger partial charge in [-0.1, -0.05) is 11.6 Å². The zero-order chi connectivity index (χ0) is 22.7. The summed E-state index contributed by atoms with van der Waals surface area (Å²) in [5, 5.41) is 6.91. The summed E-state index contributed by atoms with van der Waals surface area (Å²) in [6, 6.07) is 5.79. The van der Waals surface area contributed by atoms with Crippen molar-refractivity contribution in [3.05, 3.63) is 61.3 Å². The number of hydrogen-bond acceptors (Lipinski definition) is 6. The van der Waals surface area contributed by atoms with E-state index in [9.17, 15) is 14.4 Å². The van der Waals surface area contributed by atoms with E-state index in [1.165, 1.54) is 17.4 Å². The van der Waals surface area contributed by atoms with Gasteiger partial charge in [0.2, 0.25) is 0 Å². The Morgan fingerprint density at radius 3 is 2.81 bits per heavy atom. The molecule has 0 atom stereocenters. The van der Waals surface area contributed by atoms with Crippen LogP contribution in [0.3, 0.4) is 0 Å². The molecule has 7 nitrogen and oxygen atoms in total. The van der Waals surface area contributed by atoms with Crippen molar-refractivity contribution in [2.24, 2.45) is 0 Å². The second kappa shape index (κ2) is 9.85. The van der Waals surface area contributed by atoms with E-state index >= 15 is 0 Å². The van der Waals surface area contributed by atoms with Crippen LogP contribution in [-0.2, 0) is 17.6 Å².